The third-order valence-electron chi connectivity index (χ3n) is 3.72. The second kappa shape index (κ2) is 6.98. The van der Waals surface area contributed by atoms with E-state index in [0.29, 0.717) is 17.9 Å². The van der Waals surface area contributed by atoms with Gasteiger partial charge in [0.2, 0.25) is 0 Å². The lowest BCUT2D eigenvalue weighted by molar-refractivity contribution is 0.0734. The molecule has 4 aromatic rings. The number of ether oxygens (including phenoxy) is 1. The Morgan fingerprint density at radius 3 is 2.58 bits per heavy atom. The van der Waals surface area contributed by atoms with Gasteiger partial charge in [0.15, 0.2) is 0 Å². The molecule has 0 saturated carbocycles. The van der Waals surface area contributed by atoms with Crippen LogP contribution in [0.4, 0.5) is 0 Å². The van der Waals surface area contributed by atoms with Crippen molar-refractivity contribution in [3.63, 3.8) is 0 Å². The number of tetrazole rings is 1. The van der Waals surface area contributed by atoms with Gasteiger partial charge in [0.25, 0.3) is 0 Å². The zero-order valence-electron chi connectivity index (χ0n) is 13.6. The largest absolute Gasteiger partial charge is 0.423 e. The molecule has 2 heterocycles. The van der Waals surface area contributed by atoms with Crippen LogP contribution in [0.25, 0.3) is 5.69 Å². The molecule has 0 bridgehead atoms. The summed E-state index contributed by atoms with van der Waals surface area (Å²) >= 11 is 0. The third kappa shape index (κ3) is 3.48. The highest BCUT2D eigenvalue weighted by molar-refractivity contribution is 5.90. The Bertz CT molecular complexity index is 994. The van der Waals surface area contributed by atoms with Crippen LogP contribution in [0.5, 0.6) is 5.75 Å². The summed E-state index contributed by atoms with van der Waals surface area (Å²) in [7, 11) is 0. The maximum atomic E-state index is 12.3. The summed E-state index contributed by atoms with van der Waals surface area (Å²) in [6.45, 7) is 0.592. The van der Waals surface area contributed by atoms with Gasteiger partial charge in [0.05, 0.1) is 24.0 Å². The molecule has 0 radical (unpaired) electrons. The molecule has 128 valence electrons. The van der Waals surface area contributed by atoms with Gasteiger partial charge in [-0.15, -0.1) is 5.10 Å². The first-order chi connectivity index (χ1) is 12.8. The number of aromatic nitrogens is 6. The molecular weight excluding hydrogens is 332 g/mol. The summed E-state index contributed by atoms with van der Waals surface area (Å²) in [6, 6.07) is 16.8. The first-order valence-electron chi connectivity index (χ1n) is 7.90. The molecule has 0 spiro atoms. The minimum atomic E-state index is -0.459. The Morgan fingerprint density at radius 1 is 1.04 bits per heavy atom. The fraction of sp³-hybridized carbons (Fsp3) is 0.0556. The van der Waals surface area contributed by atoms with Gasteiger partial charge in [0.1, 0.15) is 12.1 Å². The van der Waals surface area contributed by atoms with Crippen molar-refractivity contribution < 1.29 is 9.53 Å². The number of hydrogen-bond donors (Lipinski definition) is 0. The van der Waals surface area contributed by atoms with Gasteiger partial charge in [-0.3, -0.25) is 4.68 Å². The van der Waals surface area contributed by atoms with E-state index in [4.69, 9.17) is 4.74 Å². The molecule has 0 N–H and O–H groups in total. The first kappa shape index (κ1) is 15.7. The summed E-state index contributed by atoms with van der Waals surface area (Å²) in [5.74, 6) is -0.0258. The molecule has 0 amide bonds. The van der Waals surface area contributed by atoms with E-state index in [2.05, 4.69) is 20.6 Å². The highest BCUT2D eigenvalue weighted by atomic mass is 16.5. The summed E-state index contributed by atoms with van der Waals surface area (Å²) in [4.78, 5) is 12.3. The number of nitrogens with zero attached hydrogens (tertiary/aromatic N) is 6. The van der Waals surface area contributed by atoms with Crippen LogP contribution in [0.15, 0.2) is 73.3 Å². The van der Waals surface area contributed by atoms with Crippen LogP contribution in [0, 0.1) is 0 Å². The van der Waals surface area contributed by atoms with E-state index in [-0.39, 0.29) is 0 Å². The van der Waals surface area contributed by atoms with Gasteiger partial charge < -0.3 is 4.74 Å². The Labute approximate surface area is 148 Å². The van der Waals surface area contributed by atoms with E-state index in [1.54, 1.807) is 35.1 Å². The molecule has 0 unspecified atom stereocenters. The lowest BCUT2D eigenvalue weighted by Gasteiger charge is -2.04. The van der Waals surface area contributed by atoms with Crippen molar-refractivity contribution in [2.45, 2.75) is 6.54 Å². The lowest BCUT2D eigenvalue weighted by atomic mass is 10.2. The predicted molar refractivity (Wildman–Crippen MR) is 91.9 cm³/mol. The normalized spacial score (nSPS) is 10.6. The number of carbonyl (C=O) groups excluding carboxylic acids is 1. The number of esters is 1. The fourth-order valence-electron chi connectivity index (χ4n) is 2.44. The Balaban J connectivity index is 1.42. The topological polar surface area (TPSA) is 87.7 Å². The van der Waals surface area contributed by atoms with Gasteiger partial charge >= 0.3 is 5.97 Å². The van der Waals surface area contributed by atoms with Crippen LogP contribution in [-0.4, -0.2) is 36.0 Å². The van der Waals surface area contributed by atoms with Gasteiger partial charge in [0, 0.05) is 6.20 Å². The second-order valence-corrected chi connectivity index (χ2v) is 5.55. The molecule has 4 rings (SSSR count). The van der Waals surface area contributed by atoms with Crippen molar-refractivity contribution in [2.75, 3.05) is 0 Å². The number of rotatable bonds is 5. The summed E-state index contributed by atoms with van der Waals surface area (Å²) in [6.07, 6.45) is 4.66. The van der Waals surface area contributed by atoms with Crippen molar-refractivity contribution in [1.29, 1.82) is 0 Å². The average molecular weight is 346 g/mol. The average Bonchev–Trinajstić information content (AvgIpc) is 3.35. The van der Waals surface area contributed by atoms with Crippen LogP contribution in [0.1, 0.15) is 15.9 Å². The van der Waals surface area contributed by atoms with Gasteiger partial charge in [-0.2, -0.15) is 5.10 Å². The number of carbonyl (C=O) groups is 1. The Morgan fingerprint density at radius 2 is 1.85 bits per heavy atom. The second-order valence-electron chi connectivity index (χ2n) is 5.55. The molecular formula is C18H14N6O2. The van der Waals surface area contributed by atoms with Gasteiger partial charge in [-0.05, 0) is 40.3 Å². The SMILES string of the molecule is O=C(Oc1ccc(-n2cnnn2)cc1)c1cnn(Cc2ccccc2)c1. The van der Waals surface area contributed by atoms with Crippen LogP contribution in [0.2, 0.25) is 0 Å². The van der Waals surface area contributed by atoms with Crippen molar-refractivity contribution >= 4 is 5.97 Å². The van der Waals surface area contributed by atoms with E-state index in [9.17, 15) is 4.79 Å². The molecule has 0 aliphatic rings. The first-order valence-corrected chi connectivity index (χ1v) is 7.90. The molecule has 0 fully saturated rings. The molecule has 8 nitrogen and oxygen atoms in total. The van der Waals surface area contributed by atoms with Crippen molar-refractivity contribution in [3.05, 3.63) is 84.4 Å². The maximum absolute atomic E-state index is 12.3. The monoisotopic (exact) mass is 346 g/mol. The van der Waals surface area contributed by atoms with E-state index in [1.165, 1.54) is 17.2 Å². The molecule has 0 atom stereocenters. The maximum Gasteiger partial charge on any atom is 0.346 e. The summed E-state index contributed by atoms with van der Waals surface area (Å²) < 4.78 is 8.60. The van der Waals surface area contributed by atoms with Crippen molar-refractivity contribution in [3.8, 4) is 11.4 Å². The quantitative estimate of drug-likeness (QED) is 0.406. The molecule has 2 aromatic carbocycles. The smallest absolute Gasteiger partial charge is 0.346 e. The zero-order valence-corrected chi connectivity index (χ0v) is 13.6. The van der Waals surface area contributed by atoms with Gasteiger partial charge in [-0.25, -0.2) is 9.48 Å². The Hall–Kier alpha value is -3.81. The third-order valence-corrected chi connectivity index (χ3v) is 3.72. The molecule has 8 heteroatoms. The van der Waals surface area contributed by atoms with E-state index >= 15 is 0 Å². The number of hydrogen-bond acceptors (Lipinski definition) is 6. The fourth-order valence-corrected chi connectivity index (χ4v) is 2.44. The highest BCUT2D eigenvalue weighted by Gasteiger charge is 2.12. The predicted octanol–water partition coefficient (Wildman–Crippen LogP) is 2.13. The lowest BCUT2D eigenvalue weighted by Crippen LogP contribution is -2.08. The standard InChI is InChI=1S/C18H14N6O2/c25-18(15-10-20-23(12-15)11-14-4-2-1-3-5-14)26-17-8-6-16(7-9-17)24-13-19-21-22-24/h1-10,12-13H,11H2. The highest BCUT2D eigenvalue weighted by Crippen LogP contribution is 2.16. The minimum absolute atomic E-state index is 0.394. The summed E-state index contributed by atoms with van der Waals surface area (Å²) in [5.41, 5.74) is 2.27. The van der Waals surface area contributed by atoms with E-state index < -0.39 is 5.97 Å². The molecule has 2 aromatic heterocycles. The summed E-state index contributed by atoms with van der Waals surface area (Å²) in [5, 5.41) is 15.2. The van der Waals surface area contributed by atoms with Crippen LogP contribution < -0.4 is 4.74 Å². The van der Waals surface area contributed by atoms with Gasteiger partial charge in [-0.1, -0.05) is 30.3 Å². The molecule has 0 saturated heterocycles. The van der Waals surface area contributed by atoms with Crippen LogP contribution >= 0.6 is 0 Å². The van der Waals surface area contributed by atoms with Crippen molar-refractivity contribution in [2.24, 2.45) is 0 Å². The zero-order chi connectivity index (χ0) is 17.8. The van der Waals surface area contributed by atoms with Crippen molar-refractivity contribution in [1.82, 2.24) is 30.0 Å². The minimum Gasteiger partial charge on any atom is -0.423 e. The van der Waals surface area contributed by atoms with Crippen LogP contribution in [0.3, 0.4) is 0 Å². The number of benzene rings is 2. The Kier molecular flexibility index (Phi) is 4.21. The molecule has 26 heavy (non-hydrogen) atoms. The van der Waals surface area contributed by atoms with E-state index in [1.807, 2.05) is 30.3 Å². The van der Waals surface area contributed by atoms with E-state index in [0.717, 1.165) is 11.3 Å². The van der Waals surface area contributed by atoms with Crippen LogP contribution in [-0.2, 0) is 6.54 Å². The molecule has 0 aliphatic carbocycles. The molecule has 0 aliphatic heterocycles.